The van der Waals surface area contributed by atoms with Gasteiger partial charge in [0.25, 0.3) is 0 Å². The van der Waals surface area contributed by atoms with E-state index in [1.807, 2.05) is 30.7 Å². The summed E-state index contributed by atoms with van der Waals surface area (Å²) in [5, 5.41) is 6.94. The first-order valence-corrected chi connectivity index (χ1v) is 6.77. The molecule has 0 aliphatic heterocycles. The van der Waals surface area contributed by atoms with Gasteiger partial charge in [-0.3, -0.25) is 5.10 Å². The van der Waals surface area contributed by atoms with Gasteiger partial charge in [0.1, 0.15) is 5.75 Å². The van der Waals surface area contributed by atoms with Crippen molar-refractivity contribution in [3.63, 3.8) is 0 Å². The van der Waals surface area contributed by atoms with Crippen molar-refractivity contribution < 1.29 is 4.74 Å². The first-order valence-electron chi connectivity index (χ1n) is 6.37. The zero-order valence-corrected chi connectivity index (χ0v) is 12.5. The summed E-state index contributed by atoms with van der Waals surface area (Å²) >= 11 is 5.09. The molecule has 1 heterocycles. The minimum atomic E-state index is -0.150. The predicted octanol–water partition coefficient (Wildman–Crippen LogP) is 3.74. The minimum Gasteiger partial charge on any atom is -0.483 e. The Morgan fingerprint density at radius 2 is 1.84 bits per heavy atom. The third kappa shape index (κ3) is 3.04. The van der Waals surface area contributed by atoms with Crippen molar-refractivity contribution >= 4 is 12.2 Å². The van der Waals surface area contributed by atoms with E-state index in [2.05, 4.69) is 36.2 Å². The molecular formula is C14H19N3OS. The Balaban J connectivity index is 2.12. The summed E-state index contributed by atoms with van der Waals surface area (Å²) in [6, 6.07) is 8.17. The molecular weight excluding hydrogens is 258 g/mol. The molecule has 102 valence electrons. The number of rotatable bonds is 4. The van der Waals surface area contributed by atoms with Crippen molar-refractivity contribution in [3.8, 4) is 5.75 Å². The molecule has 0 unspecified atom stereocenters. The number of nitrogens with one attached hydrogen (secondary N) is 1. The number of hydrogen-bond acceptors (Lipinski definition) is 3. The molecule has 0 saturated carbocycles. The highest BCUT2D eigenvalue weighted by Gasteiger charge is 2.13. The summed E-state index contributed by atoms with van der Waals surface area (Å²) in [5.41, 5.74) is 1.30. The second kappa shape index (κ2) is 5.57. The van der Waals surface area contributed by atoms with E-state index in [1.165, 1.54) is 5.56 Å². The van der Waals surface area contributed by atoms with E-state index in [1.54, 1.807) is 0 Å². The van der Waals surface area contributed by atoms with E-state index in [0.717, 1.165) is 11.6 Å². The van der Waals surface area contributed by atoms with Crippen LogP contribution in [-0.4, -0.2) is 14.8 Å². The Hall–Kier alpha value is -1.62. The molecule has 0 fully saturated rings. The Morgan fingerprint density at radius 1 is 1.21 bits per heavy atom. The van der Waals surface area contributed by atoms with Gasteiger partial charge in [-0.25, -0.2) is 0 Å². The van der Waals surface area contributed by atoms with Crippen LogP contribution in [0, 0.1) is 4.77 Å². The molecule has 1 N–H and O–H groups in total. The molecule has 1 aromatic heterocycles. The van der Waals surface area contributed by atoms with Crippen molar-refractivity contribution in [1.29, 1.82) is 0 Å². The molecule has 0 spiro atoms. The van der Waals surface area contributed by atoms with E-state index in [0.29, 0.717) is 10.7 Å². The van der Waals surface area contributed by atoms with Gasteiger partial charge in [0, 0.05) is 7.05 Å². The van der Waals surface area contributed by atoms with Gasteiger partial charge >= 0.3 is 0 Å². The summed E-state index contributed by atoms with van der Waals surface area (Å²) in [7, 11) is 1.88. The van der Waals surface area contributed by atoms with Crippen LogP contribution in [0.15, 0.2) is 24.3 Å². The number of ether oxygens (including phenoxy) is 1. The van der Waals surface area contributed by atoms with Crippen LogP contribution in [0.1, 0.15) is 44.2 Å². The first-order chi connectivity index (χ1) is 8.99. The predicted molar refractivity (Wildman–Crippen MR) is 78.0 cm³/mol. The quantitative estimate of drug-likeness (QED) is 0.866. The van der Waals surface area contributed by atoms with E-state index < -0.39 is 0 Å². The summed E-state index contributed by atoms with van der Waals surface area (Å²) in [6.45, 7) is 6.31. The molecule has 0 bridgehead atoms. The van der Waals surface area contributed by atoms with Crippen molar-refractivity contribution in [1.82, 2.24) is 14.8 Å². The standard InChI is InChI=1S/C14H19N3OS/c1-9(2)11-5-7-12(8-6-11)18-10(3)13-15-16-14(19)17(13)4/h5-10H,1-4H3,(H,16,19)/t10-/m1/s1. The minimum absolute atomic E-state index is 0.150. The average molecular weight is 277 g/mol. The SMILES string of the molecule is CC(C)c1ccc(O[C@H](C)c2n[nH]c(=S)n2C)cc1. The lowest BCUT2D eigenvalue weighted by molar-refractivity contribution is 0.212. The molecule has 4 nitrogen and oxygen atoms in total. The lowest BCUT2D eigenvalue weighted by atomic mass is 10.0. The van der Waals surface area contributed by atoms with Crippen LogP contribution in [0.3, 0.4) is 0 Å². The fourth-order valence-electron chi connectivity index (χ4n) is 1.91. The lowest BCUT2D eigenvalue weighted by Gasteiger charge is -2.14. The molecule has 2 rings (SSSR count). The zero-order chi connectivity index (χ0) is 14.0. The highest BCUT2D eigenvalue weighted by atomic mass is 32.1. The molecule has 1 aromatic carbocycles. The van der Waals surface area contributed by atoms with Gasteiger partial charge in [0.05, 0.1) is 0 Å². The van der Waals surface area contributed by atoms with Crippen LogP contribution in [-0.2, 0) is 7.05 Å². The molecule has 1 atom stereocenters. The highest BCUT2D eigenvalue weighted by molar-refractivity contribution is 7.71. The zero-order valence-electron chi connectivity index (χ0n) is 11.7. The highest BCUT2D eigenvalue weighted by Crippen LogP contribution is 2.23. The number of hydrogen-bond donors (Lipinski definition) is 1. The first kappa shape index (κ1) is 13.8. The Labute approximate surface area is 118 Å². The maximum absolute atomic E-state index is 5.88. The van der Waals surface area contributed by atoms with Gasteiger partial charge < -0.3 is 9.30 Å². The van der Waals surface area contributed by atoms with E-state index in [4.69, 9.17) is 17.0 Å². The molecule has 0 aliphatic carbocycles. The Kier molecular flexibility index (Phi) is 4.04. The Morgan fingerprint density at radius 3 is 2.32 bits per heavy atom. The maximum atomic E-state index is 5.88. The normalized spacial score (nSPS) is 12.7. The average Bonchev–Trinajstić information content (AvgIpc) is 2.70. The summed E-state index contributed by atoms with van der Waals surface area (Å²) in [6.07, 6.45) is -0.150. The van der Waals surface area contributed by atoms with Crippen LogP contribution < -0.4 is 4.74 Å². The monoisotopic (exact) mass is 277 g/mol. The topological polar surface area (TPSA) is 42.8 Å². The fraction of sp³-hybridized carbons (Fsp3) is 0.429. The smallest absolute Gasteiger partial charge is 0.195 e. The summed E-state index contributed by atoms with van der Waals surface area (Å²) in [5.74, 6) is 2.15. The molecule has 0 saturated heterocycles. The number of aromatic amines is 1. The maximum Gasteiger partial charge on any atom is 0.195 e. The third-order valence-electron chi connectivity index (χ3n) is 3.14. The fourth-order valence-corrected chi connectivity index (χ4v) is 2.05. The number of H-pyrrole nitrogens is 1. The molecule has 0 aliphatic rings. The number of nitrogens with zero attached hydrogens (tertiary/aromatic N) is 2. The van der Waals surface area contributed by atoms with Crippen LogP contribution in [0.5, 0.6) is 5.75 Å². The van der Waals surface area contributed by atoms with Crippen molar-refractivity contribution in [2.45, 2.75) is 32.8 Å². The van der Waals surface area contributed by atoms with Crippen LogP contribution >= 0.6 is 12.2 Å². The van der Waals surface area contributed by atoms with E-state index >= 15 is 0 Å². The van der Waals surface area contributed by atoms with Gasteiger partial charge in [-0.15, -0.1) is 0 Å². The molecule has 19 heavy (non-hydrogen) atoms. The molecule has 5 heteroatoms. The van der Waals surface area contributed by atoms with Crippen LogP contribution in [0.25, 0.3) is 0 Å². The van der Waals surface area contributed by atoms with Gasteiger partial charge in [0.2, 0.25) is 0 Å². The van der Waals surface area contributed by atoms with Gasteiger partial charge in [-0.2, -0.15) is 5.10 Å². The Bertz CT molecular complexity index is 598. The molecule has 2 aromatic rings. The van der Waals surface area contributed by atoms with Gasteiger partial charge in [0.15, 0.2) is 16.7 Å². The summed E-state index contributed by atoms with van der Waals surface area (Å²) in [4.78, 5) is 0. The number of aromatic nitrogens is 3. The van der Waals surface area contributed by atoms with Gasteiger partial charge in [-0.1, -0.05) is 26.0 Å². The second-order valence-corrected chi connectivity index (χ2v) is 5.32. The van der Waals surface area contributed by atoms with Crippen molar-refractivity contribution in [3.05, 3.63) is 40.4 Å². The van der Waals surface area contributed by atoms with Crippen LogP contribution in [0.2, 0.25) is 0 Å². The third-order valence-corrected chi connectivity index (χ3v) is 3.50. The van der Waals surface area contributed by atoms with Gasteiger partial charge in [-0.05, 0) is 42.8 Å². The van der Waals surface area contributed by atoms with Crippen LogP contribution in [0.4, 0.5) is 0 Å². The van der Waals surface area contributed by atoms with Crippen molar-refractivity contribution in [2.24, 2.45) is 7.05 Å². The summed E-state index contributed by atoms with van der Waals surface area (Å²) < 4.78 is 8.30. The number of benzene rings is 1. The largest absolute Gasteiger partial charge is 0.483 e. The van der Waals surface area contributed by atoms with Crippen molar-refractivity contribution in [2.75, 3.05) is 0 Å². The lowest BCUT2D eigenvalue weighted by Crippen LogP contribution is -2.09. The van der Waals surface area contributed by atoms with E-state index in [9.17, 15) is 0 Å². The molecule has 0 radical (unpaired) electrons. The second-order valence-electron chi connectivity index (χ2n) is 4.93. The molecule has 0 amide bonds. The van der Waals surface area contributed by atoms with E-state index in [-0.39, 0.29) is 6.10 Å².